The monoisotopic (exact) mass is 587 g/mol. The predicted octanol–water partition coefficient (Wildman–Crippen LogP) is 8.22. The number of halogens is 2. The number of rotatable bonds is 2. The van der Waals surface area contributed by atoms with Crippen molar-refractivity contribution in [2.45, 2.75) is 55.5 Å². The Morgan fingerprint density at radius 2 is 1.33 bits per heavy atom. The van der Waals surface area contributed by atoms with E-state index < -0.39 is 0 Å². The molecule has 0 fully saturated rings. The molecule has 0 aliphatic heterocycles. The summed E-state index contributed by atoms with van der Waals surface area (Å²) in [4.78, 5) is 0. The van der Waals surface area contributed by atoms with E-state index in [-0.39, 0.29) is 32.7 Å². The molecule has 145 valence electrons. The molecular weight excluding hydrogens is 557 g/mol. The SMILES string of the molecule is CC(C)(C)P(C1=Cc2c(-c3ccccc3)cccc2[CH]1[Hf])C(C)(C)C.Cl.Cl. The van der Waals surface area contributed by atoms with Gasteiger partial charge in [-0.05, 0) is 0 Å². The summed E-state index contributed by atoms with van der Waals surface area (Å²) in [6.45, 7) is 14.6. The maximum atomic E-state index is 2.57. The van der Waals surface area contributed by atoms with Crippen molar-refractivity contribution >= 4 is 38.8 Å². The van der Waals surface area contributed by atoms with Crippen LogP contribution in [-0.2, 0) is 24.4 Å². The molecule has 1 unspecified atom stereocenters. The van der Waals surface area contributed by atoms with Gasteiger partial charge in [-0.1, -0.05) is 0 Å². The molecule has 0 amide bonds. The average Bonchev–Trinajstić information content (AvgIpc) is 2.82. The molecule has 4 heteroatoms. The second-order valence-corrected chi connectivity index (χ2v) is 14.8. The van der Waals surface area contributed by atoms with Crippen LogP contribution in [0.5, 0.6) is 0 Å². The van der Waals surface area contributed by atoms with Gasteiger partial charge in [-0.15, -0.1) is 24.8 Å². The third kappa shape index (κ3) is 5.16. The van der Waals surface area contributed by atoms with Crippen molar-refractivity contribution in [3.63, 3.8) is 0 Å². The third-order valence-electron chi connectivity index (χ3n) is 4.72. The molecule has 0 spiro atoms. The van der Waals surface area contributed by atoms with Gasteiger partial charge in [0.15, 0.2) is 0 Å². The van der Waals surface area contributed by atoms with E-state index in [9.17, 15) is 0 Å². The zero-order valence-corrected chi connectivity index (χ0v) is 23.2. The molecule has 0 N–H and O–H groups in total. The molecule has 1 aliphatic rings. The smallest absolute Gasteiger partial charge is 0.147 e. The normalized spacial score (nSPS) is 16.2. The van der Waals surface area contributed by atoms with Gasteiger partial charge >= 0.3 is 170 Å². The van der Waals surface area contributed by atoms with Crippen LogP contribution < -0.4 is 0 Å². The van der Waals surface area contributed by atoms with Crippen molar-refractivity contribution in [2.75, 3.05) is 0 Å². The fourth-order valence-electron chi connectivity index (χ4n) is 4.23. The number of fused-ring (bicyclic) bond motifs is 1. The first-order valence-electron chi connectivity index (χ1n) is 9.02. The number of allylic oxidation sites excluding steroid dienone is 1. The Balaban J connectivity index is 0.00000182. The van der Waals surface area contributed by atoms with Crippen LogP contribution in [0.4, 0.5) is 0 Å². The average molecular weight is 587 g/mol. The van der Waals surface area contributed by atoms with Gasteiger partial charge in [0.25, 0.3) is 0 Å². The molecule has 1 aliphatic carbocycles. The second kappa shape index (κ2) is 9.25. The minimum Gasteiger partial charge on any atom is -0.147 e. The van der Waals surface area contributed by atoms with E-state index >= 15 is 0 Å². The van der Waals surface area contributed by atoms with Crippen LogP contribution in [0.25, 0.3) is 17.2 Å². The first-order chi connectivity index (χ1) is 11.6. The van der Waals surface area contributed by atoms with Crippen molar-refractivity contribution in [1.82, 2.24) is 0 Å². The van der Waals surface area contributed by atoms with Crippen LogP contribution in [0.2, 0.25) is 0 Å². The Morgan fingerprint density at radius 3 is 1.85 bits per heavy atom. The van der Waals surface area contributed by atoms with Crippen LogP contribution in [0.15, 0.2) is 53.8 Å². The predicted molar refractivity (Wildman–Crippen MR) is 124 cm³/mol. The van der Waals surface area contributed by atoms with Gasteiger partial charge in [0.1, 0.15) is 0 Å². The van der Waals surface area contributed by atoms with Gasteiger partial charge in [-0.3, -0.25) is 0 Å². The third-order valence-corrected chi connectivity index (χ3v) is 11.4. The first kappa shape index (κ1) is 25.1. The Morgan fingerprint density at radius 1 is 0.778 bits per heavy atom. The molecule has 27 heavy (non-hydrogen) atoms. The van der Waals surface area contributed by atoms with Gasteiger partial charge in [0.05, 0.1) is 0 Å². The minimum absolute atomic E-state index is 0. The molecule has 0 radical (unpaired) electrons. The zero-order chi connectivity index (χ0) is 18.4. The second-order valence-electron chi connectivity index (χ2n) is 8.85. The van der Waals surface area contributed by atoms with Crippen molar-refractivity contribution < 1.29 is 24.4 Å². The Kier molecular flexibility index (Phi) is 8.60. The quantitative estimate of drug-likeness (QED) is 0.246. The van der Waals surface area contributed by atoms with Crippen molar-refractivity contribution in [2.24, 2.45) is 0 Å². The Labute approximate surface area is 193 Å². The Hall–Kier alpha value is 0.0601. The fourth-order valence-corrected chi connectivity index (χ4v) is 11.0. The van der Waals surface area contributed by atoms with Gasteiger partial charge in [0, 0.05) is 0 Å². The summed E-state index contributed by atoms with van der Waals surface area (Å²) in [6, 6.07) is 17.8. The summed E-state index contributed by atoms with van der Waals surface area (Å²) >= 11 is 1.19. The fraction of sp³-hybridized carbons (Fsp3) is 0.391. The van der Waals surface area contributed by atoms with E-state index in [1.54, 1.807) is 10.9 Å². The van der Waals surface area contributed by atoms with Crippen LogP contribution >= 0.6 is 32.7 Å². The maximum absolute atomic E-state index is 2.57. The summed E-state index contributed by atoms with van der Waals surface area (Å²) in [5.41, 5.74) is 5.77. The molecule has 0 saturated carbocycles. The van der Waals surface area contributed by atoms with E-state index in [2.05, 4.69) is 96.1 Å². The number of benzene rings is 2. The van der Waals surface area contributed by atoms with E-state index in [0.717, 1.165) is 0 Å². The maximum Gasteiger partial charge on any atom is -0.147 e. The zero-order valence-electron chi connectivity index (χ0n) is 17.0. The molecule has 0 bridgehead atoms. The Bertz CT molecular complexity index is 787. The largest absolute Gasteiger partial charge is 0.147 e. The van der Waals surface area contributed by atoms with Crippen LogP contribution in [0.1, 0.15) is 56.3 Å². The van der Waals surface area contributed by atoms with Crippen molar-refractivity contribution in [3.05, 3.63) is 65.0 Å². The van der Waals surface area contributed by atoms with Crippen LogP contribution in [0, 0.1) is 0 Å². The molecule has 3 rings (SSSR count). The van der Waals surface area contributed by atoms with E-state index in [1.807, 2.05) is 0 Å². The molecule has 0 aromatic heterocycles. The van der Waals surface area contributed by atoms with E-state index in [1.165, 1.54) is 41.1 Å². The van der Waals surface area contributed by atoms with E-state index in [0.29, 0.717) is 14.0 Å². The van der Waals surface area contributed by atoms with Gasteiger partial charge in [-0.25, -0.2) is 0 Å². The van der Waals surface area contributed by atoms with E-state index in [4.69, 9.17) is 0 Å². The molecule has 2 aromatic carbocycles. The molecular formula is C23H30Cl2HfP. The van der Waals surface area contributed by atoms with Crippen molar-refractivity contribution in [3.8, 4) is 11.1 Å². The standard InChI is InChI=1S/C23H28P.2ClH.Hf/c1-22(2,3)24(23(4,5)6)19-15-18-13-10-14-20(21(18)16-19)17-11-8-7-9-12-17;;;/h7-16H,1-6H3;2*1H;. The summed E-state index contributed by atoms with van der Waals surface area (Å²) in [5, 5.41) is 2.38. The molecule has 0 heterocycles. The van der Waals surface area contributed by atoms with Gasteiger partial charge in [-0.2, -0.15) is 0 Å². The van der Waals surface area contributed by atoms with Gasteiger partial charge in [0.2, 0.25) is 0 Å². The summed E-state index contributed by atoms with van der Waals surface area (Å²) in [5.74, 6) is 0. The summed E-state index contributed by atoms with van der Waals surface area (Å²) in [7, 11) is -0.215. The summed E-state index contributed by atoms with van der Waals surface area (Å²) in [6.07, 6.45) is 2.57. The van der Waals surface area contributed by atoms with Crippen LogP contribution in [0.3, 0.4) is 0 Å². The van der Waals surface area contributed by atoms with Crippen LogP contribution in [-0.4, -0.2) is 10.3 Å². The van der Waals surface area contributed by atoms with Crippen molar-refractivity contribution in [1.29, 1.82) is 0 Å². The number of hydrogen-bond acceptors (Lipinski definition) is 0. The molecule has 1 atom stereocenters. The topological polar surface area (TPSA) is 0 Å². The minimum atomic E-state index is -0.215. The molecule has 2 aromatic rings. The first-order valence-corrected chi connectivity index (χ1v) is 12.4. The van der Waals surface area contributed by atoms with Gasteiger partial charge < -0.3 is 0 Å². The molecule has 0 nitrogen and oxygen atoms in total. The molecule has 0 saturated heterocycles. The number of hydrogen-bond donors (Lipinski definition) is 0. The summed E-state index contributed by atoms with van der Waals surface area (Å²) < 4.78 is 0.656.